The first-order valence-corrected chi connectivity index (χ1v) is 9.42. The minimum atomic E-state index is 0.00734. The third-order valence-corrected chi connectivity index (χ3v) is 4.92. The number of aryl methyl sites for hydroxylation is 1. The average molecular weight is 370 g/mol. The van der Waals surface area contributed by atoms with Gasteiger partial charge in [0, 0.05) is 50.5 Å². The van der Waals surface area contributed by atoms with Crippen molar-refractivity contribution in [1.82, 2.24) is 19.4 Å². The van der Waals surface area contributed by atoms with Crippen LogP contribution in [0.25, 0.3) is 0 Å². The Balaban J connectivity index is 1.78. The molecule has 0 saturated carbocycles. The lowest BCUT2D eigenvalue weighted by Crippen LogP contribution is -2.35. The van der Waals surface area contributed by atoms with E-state index in [0.29, 0.717) is 45.5 Å². The fourth-order valence-corrected chi connectivity index (χ4v) is 3.45. The number of rotatable bonds is 6. The monoisotopic (exact) mass is 370 g/mol. The second-order valence-corrected chi connectivity index (χ2v) is 6.64. The van der Waals surface area contributed by atoms with Crippen LogP contribution in [0.4, 0.5) is 0 Å². The van der Waals surface area contributed by atoms with Gasteiger partial charge in [0.15, 0.2) is 0 Å². The van der Waals surface area contributed by atoms with Gasteiger partial charge < -0.3 is 9.64 Å². The number of carbonyl (C=O) groups is 1. The molecule has 0 spiro atoms. The number of hydrogen-bond acceptors (Lipinski definition) is 5. The minimum Gasteiger partial charge on any atom is -0.383 e. The Bertz CT molecular complexity index is 848. The first-order chi connectivity index (χ1) is 13.1. The van der Waals surface area contributed by atoms with Gasteiger partial charge in [-0.15, -0.1) is 0 Å². The Morgan fingerprint density at radius 3 is 2.78 bits per heavy atom. The maximum Gasteiger partial charge on any atom is 0.257 e. The summed E-state index contributed by atoms with van der Waals surface area (Å²) in [6, 6.07) is 5.57. The van der Waals surface area contributed by atoms with Crippen LogP contribution in [0.1, 0.15) is 29.7 Å². The molecule has 3 rings (SSSR count). The van der Waals surface area contributed by atoms with E-state index in [1.54, 1.807) is 17.9 Å². The topological polar surface area (TPSA) is 77.3 Å². The van der Waals surface area contributed by atoms with E-state index >= 15 is 0 Å². The van der Waals surface area contributed by atoms with Crippen LogP contribution < -0.4 is 5.56 Å². The number of pyridine rings is 1. The van der Waals surface area contributed by atoms with Crippen LogP contribution in [0.5, 0.6) is 0 Å². The molecular formula is C20H26N4O3. The SMILES string of the molecule is CCc1nc2c(c(=O)n1CCOC)CCN(C(=O)Cc1ccccn1)CC2. The van der Waals surface area contributed by atoms with Crippen LogP contribution in [0.15, 0.2) is 29.2 Å². The number of nitrogens with zero attached hydrogens (tertiary/aromatic N) is 4. The number of ether oxygens (including phenoxy) is 1. The molecule has 0 radical (unpaired) electrons. The average Bonchev–Trinajstić information content (AvgIpc) is 2.90. The van der Waals surface area contributed by atoms with Crippen molar-refractivity contribution in [2.45, 2.75) is 39.2 Å². The molecule has 2 aromatic heterocycles. The summed E-state index contributed by atoms with van der Waals surface area (Å²) in [5, 5.41) is 0. The van der Waals surface area contributed by atoms with Crippen molar-refractivity contribution in [3.8, 4) is 0 Å². The summed E-state index contributed by atoms with van der Waals surface area (Å²) in [7, 11) is 1.62. The number of amides is 1. The molecule has 0 saturated heterocycles. The highest BCUT2D eigenvalue weighted by atomic mass is 16.5. The summed E-state index contributed by atoms with van der Waals surface area (Å²) in [6.45, 7) is 4.09. The highest BCUT2D eigenvalue weighted by Crippen LogP contribution is 2.13. The predicted octanol–water partition coefficient (Wildman–Crippen LogP) is 1.02. The van der Waals surface area contributed by atoms with Crippen molar-refractivity contribution in [3.05, 3.63) is 57.5 Å². The summed E-state index contributed by atoms with van der Waals surface area (Å²) in [6.07, 6.45) is 3.81. The standard InChI is InChI=1S/C20H26N4O3/c1-3-18-22-17-8-11-23(19(25)14-15-6-4-5-9-21-15)10-7-16(17)20(26)24(18)12-13-27-2/h4-6,9H,3,7-8,10-14H2,1-2H3. The van der Waals surface area contributed by atoms with Crippen LogP contribution in [0.2, 0.25) is 0 Å². The second kappa shape index (κ2) is 8.90. The van der Waals surface area contributed by atoms with E-state index in [2.05, 4.69) is 4.98 Å². The Morgan fingerprint density at radius 2 is 2.07 bits per heavy atom. The zero-order valence-corrected chi connectivity index (χ0v) is 16.0. The Hall–Kier alpha value is -2.54. The van der Waals surface area contributed by atoms with Gasteiger partial charge in [-0.2, -0.15) is 0 Å². The zero-order chi connectivity index (χ0) is 19.2. The normalized spacial score (nSPS) is 13.9. The van der Waals surface area contributed by atoms with E-state index in [9.17, 15) is 9.59 Å². The van der Waals surface area contributed by atoms with Gasteiger partial charge in [-0.3, -0.25) is 19.1 Å². The lowest BCUT2D eigenvalue weighted by atomic mass is 10.1. The van der Waals surface area contributed by atoms with Gasteiger partial charge >= 0.3 is 0 Å². The Kier molecular flexibility index (Phi) is 6.34. The molecule has 1 aliphatic rings. The maximum atomic E-state index is 13.0. The largest absolute Gasteiger partial charge is 0.383 e. The van der Waals surface area contributed by atoms with Crippen LogP contribution in [0, 0.1) is 0 Å². The lowest BCUT2D eigenvalue weighted by molar-refractivity contribution is -0.130. The van der Waals surface area contributed by atoms with E-state index < -0.39 is 0 Å². The van der Waals surface area contributed by atoms with Gasteiger partial charge in [-0.1, -0.05) is 13.0 Å². The molecule has 27 heavy (non-hydrogen) atoms. The Morgan fingerprint density at radius 1 is 1.26 bits per heavy atom. The van der Waals surface area contributed by atoms with Gasteiger partial charge in [0.2, 0.25) is 5.91 Å². The molecule has 1 aliphatic heterocycles. The van der Waals surface area contributed by atoms with Crippen molar-refractivity contribution in [2.24, 2.45) is 0 Å². The molecule has 2 aromatic rings. The fraction of sp³-hybridized carbons (Fsp3) is 0.500. The molecule has 0 aromatic carbocycles. The smallest absolute Gasteiger partial charge is 0.257 e. The van der Waals surface area contributed by atoms with Crippen molar-refractivity contribution < 1.29 is 9.53 Å². The molecule has 0 aliphatic carbocycles. The van der Waals surface area contributed by atoms with Crippen LogP contribution in [-0.2, 0) is 41.8 Å². The molecule has 144 valence electrons. The first kappa shape index (κ1) is 19.2. The fourth-order valence-electron chi connectivity index (χ4n) is 3.45. The maximum absolute atomic E-state index is 13.0. The summed E-state index contributed by atoms with van der Waals surface area (Å²) in [4.78, 5) is 36.4. The van der Waals surface area contributed by atoms with Crippen molar-refractivity contribution in [3.63, 3.8) is 0 Å². The van der Waals surface area contributed by atoms with Gasteiger partial charge in [0.1, 0.15) is 5.82 Å². The number of hydrogen-bond donors (Lipinski definition) is 0. The third kappa shape index (κ3) is 4.42. The van der Waals surface area contributed by atoms with Crippen LogP contribution >= 0.6 is 0 Å². The van der Waals surface area contributed by atoms with Gasteiger partial charge in [0.25, 0.3) is 5.56 Å². The summed E-state index contributed by atoms with van der Waals surface area (Å²) in [5.74, 6) is 0.820. The summed E-state index contributed by atoms with van der Waals surface area (Å²) in [5.41, 5.74) is 2.33. The second-order valence-electron chi connectivity index (χ2n) is 6.64. The van der Waals surface area contributed by atoms with E-state index in [0.717, 1.165) is 22.8 Å². The van der Waals surface area contributed by atoms with E-state index in [1.165, 1.54) is 0 Å². The molecule has 0 atom stereocenters. The highest BCUT2D eigenvalue weighted by molar-refractivity contribution is 5.78. The number of fused-ring (bicyclic) bond motifs is 1. The van der Waals surface area contributed by atoms with Gasteiger partial charge in [-0.25, -0.2) is 4.98 Å². The number of carbonyl (C=O) groups excluding carboxylic acids is 1. The number of methoxy groups -OCH3 is 1. The van der Waals surface area contributed by atoms with Gasteiger partial charge in [-0.05, 0) is 18.6 Å². The quantitative estimate of drug-likeness (QED) is 0.759. The molecule has 0 N–H and O–H groups in total. The number of aromatic nitrogens is 3. The van der Waals surface area contributed by atoms with E-state index in [-0.39, 0.29) is 17.9 Å². The van der Waals surface area contributed by atoms with Crippen molar-refractivity contribution in [1.29, 1.82) is 0 Å². The zero-order valence-electron chi connectivity index (χ0n) is 16.0. The molecule has 0 fully saturated rings. The van der Waals surface area contributed by atoms with Crippen molar-refractivity contribution >= 4 is 5.91 Å². The summed E-state index contributed by atoms with van der Waals surface area (Å²) < 4.78 is 6.84. The van der Waals surface area contributed by atoms with E-state index in [4.69, 9.17) is 9.72 Å². The Labute approximate surface area is 159 Å². The van der Waals surface area contributed by atoms with Crippen LogP contribution in [-0.4, -0.2) is 52.1 Å². The molecule has 7 heteroatoms. The molecule has 0 bridgehead atoms. The first-order valence-electron chi connectivity index (χ1n) is 9.42. The molecule has 3 heterocycles. The van der Waals surface area contributed by atoms with Crippen molar-refractivity contribution in [2.75, 3.05) is 26.8 Å². The summed E-state index contributed by atoms with van der Waals surface area (Å²) >= 11 is 0. The van der Waals surface area contributed by atoms with Crippen LogP contribution in [0.3, 0.4) is 0 Å². The minimum absolute atomic E-state index is 0.00734. The third-order valence-electron chi connectivity index (χ3n) is 4.92. The molecule has 1 amide bonds. The molecular weight excluding hydrogens is 344 g/mol. The lowest BCUT2D eigenvalue weighted by Gasteiger charge is -2.19. The highest BCUT2D eigenvalue weighted by Gasteiger charge is 2.23. The molecule has 0 unspecified atom stereocenters. The van der Waals surface area contributed by atoms with Gasteiger partial charge in [0.05, 0.1) is 25.3 Å². The predicted molar refractivity (Wildman–Crippen MR) is 102 cm³/mol. The molecule has 7 nitrogen and oxygen atoms in total. The van der Waals surface area contributed by atoms with E-state index in [1.807, 2.05) is 30.0 Å².